The van der Waals surface area contributed by atoms with Crippen molar-refractivity contribution in [2.75, 3.05) is 6.61 Å². The molecule has 0 aliphatic heterocycles. The third-order valence-corrected chi connectivity index (χ3v) is 4.72. The van der Waals surface area contributed by atoms with Crippen LogP contribution in [0.2, 0.25) is 36.0 Å². The van der Waals surface area contributed by atoms with Crippen molar-refractivity contribution < 1.29 is 14.6 Å². The smallest absolute Gasteiger partial charge is 0.372 e. The summed E-state index contributed by atoms with van der Waals surface area (Å²) in [6.07, 6.45) is 0. The highest BCUT2D eigenvalue weighted by Gasteiger charge is 2.19. The minimum absolute atomic E-state index is 0.0251. The number of aromatic carboxylic acids is 1. The van der Waals surface area contributed by atoms with E-state index in [1.807, 2.05) is 0 Å². The zero-order chi connectivity index (χ0) is 13.9. The summed E-state index contributed by atoms with van der Waals surface area (Å²) in [4.78, 5) is 14.6. The summed E-state index contributed by atoms with van der Waals surface area (Å²) in [7, 11) is -1.16. The predicted octanol–water partition coefficient (Wildman–Crippen LogP) is 3.20. The molecule has 1 N–H and O–H groups in total. The van der Waals surface area contributed by atoms with Crippen LogP contribution in [0.4, 0.5) is 0 Å². The fraction of sp³-hybridized carbons (Fsp3) is 0.600. The van der Waals surface area contributed by atoms with Crippen molar-refractivity contribution in [3.8, 4) is 0 Å². The third kappa shape index (κ3) is 4.27. The molecule has 0 amide bonds. The van der Waals surface area contributed by atoms with Crippen LogP contribution in [0.5, 0.6) is 0 Å². The monoisotopic (exact) mass is 310 g/mol. The van der Waals surface area contributed by atoms with Gasteiger partial charge in [-0.15, -0.1) is 0 Å². The second-order valence-electron chi connectivity index (χ2n) is 5.10. The molecular formula is C10H16Cl2N2O3Si. The molecule has 0 atom stereocenters. The number of ether oxygens (including phenoxy) is 1. The van der Waals surface area contributed by atoms with Gasteiger partial charge >= 0.3 is 5.97 Å². The van der Waals surface area contributed by atoms with Crippen LogP contribution in [-0.4, -0.2) is 35.3 Å². The summed E-state index contributed by atoms with van der Waals surface area (Å²) >= 11 is 11.5. The van der Waals surface area contributed by atoms with Crippen molar-refractivity contribution in [3.63, 3.8) is 0 Å². The lowest BCUT2D eigenvalue weighted by Gasteiger charge is -2.15. The summed E-state index contributed by atoms with van der Waals surface area (Å²) in [5.74, 6) is -1.39. The van der Waals surface area contributed by atoms with E-state index in [4.69, 9.17) is 33.0 Å². The maximum atomic E-state index is 10.9. The first kappa shape index (κ1) is 15.5. The van der Waals surface area contributed by atoms with E-state index in [0.29, 0.717) is 6.61 Å². The van der Waals surface area contributed by atoms with E-state index in [0.717, 1.165) is 6.04 Å². The molecule has 0 fully saturated rings. The first-order valence-electron chi connectivity index (χ1n) is 5.45. The number of rotatable bonds is 6. The van der Waals surface area contributed by atoms with Crippen molar-refractivity contribution in [1.82, 2.24) is 9.55 Å². The van der Waals surface area contributed by atoms with Crippen molar-refractivity contribution >= 4 is 37.2 Å². The maximum Gasteiger partial charge on any atom is 0.372 e. The molecule has 1 aromatic rings. The fourth-order valence-electron chi connectivity index (χ4n) is 1.22. The lowest BCUT2D eigenvalue weighted by molar-refractivity contribution is 0.0613. The number of nitrogens with zero attached hydrogens (tertiary/aromatic N) is 2. The highest BCUT2D eigenvalue weighted by molar-refractivity contribution is 6.76. The van der Waals surface area contributed by atoms with Crippen molar-refractivity contribution in [2.45, 2.75) is 32.4 Å². The Kier molecular flexibility index (Phi) is 5.21. The first-order valence-corrected chi connectivity index (χ1v) is 9.91. The zero-order valence-corrected chi connectivity index (χ0v) is 13.0. The molecule has 0 unspecified atom stereocenters. The number of carboxylic acids is 1. The summed E-state index contributed by atoms with van der Waals surface area (Å²) in [5.41, 5.74) is 0. The van der Waals surface area contributed by atoms with Gasteiger partial charge in [-0.1, -0.05) is 42.8 Å². The molecule has 0 aliphatic carbocycles. The topological polar surface area (TPSA) is 64.3 Å². The molecule has 5 nitrogen and oxygen atoms in total. The second-order valence-corrected chi connectivity index (χ2v) is 11.4. The van der Waals surface area contributed by atoms with Gasteiger partial charge in [-0.3, -0.25) is 4.57 Å². The molecule has 18 heavy (non-hydrogen) atoms. The van der Waals surface area contributed by atoms with E-state index < -0.39 is 14.0 Å². The molecule has 8 heteroatoms. The number of aromatic nitrogens is 2. The molecule has 0 bridgehead atoms. The van der Waals surface area contributed by atoms with Crippen LogP contribution in [0.1, 0.15) is 10.6 Å². The van der Waals surface area contributed by atoms with E-state index >= 15 is 0 Å². The summed E-state index contributed by atoms with van der Waals surface area (Å²) in [5, 5.41) is 9.00. The van der Waals surface area contributed by atoms with Crippen LogP contribution in [-0.2, 0) is 11.5 Å². The van der Waals surface area contributed by atoms with Crippen LogP contribution in [0.3, 0.4) is 0 Å². The Labute approximate surface area is 117 Å². The largest absolute Gasteiger partial charge is 0.475 e. The third-order valence-electron chi connectivity index (χ3n) is 2.28. The Hall–Kier alpha value is -0.563. The molecule has 1 heterocycles. The molecule has 0 saturated carbocycles. The number of imidazole rings is 1. The Bertz CT molecular complexity index is 443. The highest BCUT2D eigenvalue weighted by Crippen LogP contribution is 2.23. The minimum Gasteiger partial charge on any atom is -0.475 e. The van der Waals surface area contributed by atoms with Gasteiger partial charge in [0, 0.05) is 14.7 Å². The van der Waals surface area contributed by atoms with Crippen LogP contribution in [0.15, 0.2) is 0 Å². The van der Waals surface area contributed by atoms with E-state index in [-0.39, 0.29) is 22.9 Å². The van der Waals surface area contributed by atoms with Gasteiger partial charge in [0.15, 0.2) is 5.15 Å². The molecule has 0 spiro atoms. The average molecular weight is 311 g/mol. The summed E-state index contributed by atoms with van der Waals surface area (Å²) in [6, 6.07) is 0.995. The average Bonchev–Trinajstić information content (AvgIpc) is 2.50. The number of hydrogen-bond acceptors (Lipinski definition) is 3. The summed E-state index contributed by atoms with van der Waals surface area (Å²) in [6.45, 7) is 7.33. The van der Waals surface area contributed by atoms with Gasteiger partial charge in [-0.05, 0) is 6.04 Å². The van der Waals surface area contributed by atoms with Crippen LogP contribution in [0, 0.1) is 0 Å². The molecule has 0 aromatic carbocycles. The van der Waals surface area contributed by atoms with Crippen molar-refractivity contribution in [1.29, 1.82) is 0 Å². The van der Waals surface area contributed by atoms with Crippen LogP contribution < -0.4 is 0 Å². The standard InChI is InChI=1S/C10H16Cl2N2O3Si/c1-18(2,3)5-4-17-6-14-8(12)7(11)13-9(14)10(15)16/h4-6H2,1-3H3,(H,15,16). The van der Waals surface area contributed by atoms with Crippen molar-refractivity contribution in [3.05, 3.63) is 16.1 Å². The van der Waals surface area contributed by atoms with Gasteiger partial charge in [-0.25, -0.2) is 9.78 Å². The summed E-state index contributed by atoms with van der Waals surface area (Å²) < 4.78 is 6.68. The molecule has 0 saturated heterocycles. The predicted molar refractivity (Wildman–Crippen MR) is 73.3 cm³/mol. The number of halogens is 2. The van der Waals surface area contributed by atoms with E-state index in [9.17, 15) is 4.79 Å². The lowest BCUT2D eigenvalue weighted by atomic mass is 10.6. The first-order chi connectivity index (χ1) is 8.22. The SMILES string of the molecule is C[Si](C)(C)CCOCn1c(C(=O)O)nc(Cl)c1Cl. The second kappa shape index (κ2) is 6.05. The van der Waals surface area contributed by atoms with E-state index in [1.165, 1.54) is 4.57 Å². The van der Waals surface area contributed by atoms with E-state index in [1.54, 1.807) is 0 Å². The normalized spacial score (nSPS) is 11.8. The lowest BCUT2D eigenvalue weighted by Crippen LogP contribution is -2.22. The van der Waals surface area contributed by atoms with E-state index in [2.05, 4.69) is 24.6 Å². The fourth-order valence-corrected chi connectivity index (χ4v) is 2.33. The Morgan fingerprint density at radius 3 is 2.56 bits per heavy atom. The van der Waals surface area contributed by atoms with Gasteiger partial charge in [0.1, 0.15) is 11.9 Å². The van der Waals surface area contributed by atoms with Gasteiger partial charge in [0.05, 0.1) is 0 Å². The number of carboxylic acid groups (broad SMARTS) is 1. The van der Waals surface area contributed by atoms with Gasteiger partial charge in [-0.2, -0.15) is 0 Å². The van der Waals surface area contributed by atoms with Crippen molar-refractivity contribution in [2.24, 2.45) is 0 Å². The molecule has 102 valence electrons. The number of hydrogen-bond donors (Lipinski definition) is 1. The highest BCUT2D eigenvalue weighted by atomic mass is 35.5. The zero-order valence-electron chi connectivity index (χ0n) is 10.5. The number of carbonyl (C=O) groups is 1. The van der Waals surface area contributed by atoms with Gasteiger partial charge in [0.2, 0.25) is 5.82 Å². The Balaban J connectivity index is 2.64. The molecule has 1 rings (SSSR count). The Morgan fingerprint density at radius 2 is 2.06 bits per heavy atom. The Morgan fingerprint density at radius 1 is 1.44 bits per heavy atom. The van der Waals surface area contributed by atoms with Gasteiger partial charge in [0.25, 0.3) is 0 Å². The molecule has 1 aromatic heterocycles. The van der Waals surface area contributed by atoms with Gasteiger partial charge < -0.3 is 9.84 Å². The molecule has 0 aliphatic rings. The molecular weight excluding hydrogens is 295 g/mol. The van der Waals surface area contributed by atoms with Crippen LogP contribution >= 0.6 is 23.2 Å². The minimum atomic E-state index is -1.18. The molecule has 0 radical (unpaired) electrons. The maximum absolute atomic E-state index is 10.9. The quantitative estimate of drug-likeness (QED) is 0.647. The van der Waals surface area contributed by atoms with Crippen LogP contribution in [0.25, 0.3) is 0 Å².